The Morgan fingerprint density at radius 1 is 1.24 bits per heavy atom. The minimum Gasteiger partial charge on any atom is -0.481 e. The molecule has 0 bridgehead atoms. The molecular weight excluding hydrogens is 420 g/mol. The van der Waals surface area contributed by atoms with Gasteiger partial charge in [-0.15, -0.1) is 0 Å². The Balaban J connectivity index is 1.74. The van der Waals surface area contributed by atoms with Crippen LogP contribution in [0.15, 0.2) is 18.2 Å². The van der Waals surface area contributed by atoms with Crippen molar-refractivity contribution in [3.05, 3.63) is 29.3 Å². The summed E-state index contributed by atoms with van der Waals surface area (Å²) in [6, 6.07) is 4.62. The first kappa shape index (κ1) is 25.0. The lowest BCUT2D eigenvalue weighted by molar-refractivity contribution is -0.141. The van der Waals surface area contributed by atoms with E-state index in [2.05, 4.69) is 24.5 Å². The van der Waals surface area contributed by atoms with Crippen LogP contribution in [-0.2, 0) is 16.1 Å². The third-order valence-corrected chi connectivity index (χ3v) is 6.69. The molecule has 182 valence electrons. The predicted octanol–water partition coefficient (Wildman–Crippen LogP) is 2.79. The van der Waals surface area contributed by atoms with E-state index in [1.54, 1.807) is 15.9 Å². The highest BCUT2D eigenvalue weighted by Gasteiger charge is 2.31. The van der Waals surface area contributed by atoms with Crippen molar-refractivity contribution >= 4 is 23.5 Å². The number of carbonyl (C=O) groups is 3. The van der Waals surface area contributed by atoms with Crippen molar-refractivity contribution in [3.8, 4) is 0 Å². The second-order valence-corrected chi connectivity index (χ2v) is 9.82. The molecule has 2 heterocycles. The molecule has 2 aliphatic heterocycles. The minimum absolute atomic E-state index is 0.0597. The number of hydrogen-bond donors (Lipinski definition) is 3. The Morgan fingerprint density at radius 2 is 1.97 bits per heavy atom. The molecule has 1 saturated heterocycles. The van der Waals surface area contributed by atoms with E-state index >= 15 is 0 Å². The first-order valence-corrected chi connectivity index (χ1v) is 12.1. The number of benzene rings is 1. The van der Waals surface area contributed by atoms with E-state index in [-0.39, 0.29) is 18.2 Å². The van der Waals surface area contributed by atoms with Gasteiger partial charge in [-0.3, -0.25) is 14.4 Å². The molecule has 0 radical (unpaired) electrons. The lowest BCUT2D eigenvalue weighted by atomic mass is 9.94. The maximum Gasteiger partial charge on any atom is 0.305 e. The van der Waals surface area contributed by atoms with Crippen LogP contribution < -0.4 is 10.6 Å². The highest BCUT2D eigenvalue weighted by molar-refractivity contribution is 5.96. The number of anilines is 1. The summed E-state index contributed by atoms with van der Waals surface area (Å²) in [7, 11) is 1.83. The predicted molar refractivity (Wildman–Crippen MR) is 128 cm³/mol. The van der Waals surface area contributed by atoms with E-state index in [9.17, 15) is 19.5 Å². The van der Waals surface area contributed by atoms with Crippen LogP contribution in [0.2, 0.25) is 0 Å². The second kappa shape index (κ2) is 11.5. The molecule has 8 nitrogen and oxygen atoms in total. The number of carboxylic acids is 1. The van der Waals surface area contributed by atoms with E-state index < -0.39 is 12.0 Å². The summed E-state index contributed by atoms with van der Waals surface area (Å²) in [5.74, 6) is -0.212. The Labute approximate surface area is 196 Å². The third-order valence-electron chi connectivity index (χ3n) is 6.69. The number of nitrogens with zero attached hydrogens (tertiary/aromatic N) is 2. The molecule has 0 unspecified atom stereocenters. The van der Waals surface area contributed by atoms with E-state index in [1.807, 2.05) is 19.2 Å². The summed E-state index contributed by atoms with van der Waals surface area (Å²) in [5, 5.41) is 15.8. The highest BCUT2D eigenvalue weighted by atomic mass is 16.4. The van der Waals surface area contributed by atoms with Crippen LogP contribution >= 0.6 is 0 Å². The second-order valence-electron chi connectivity index (χ2n) is 9.82. The van der Waals surface area contributed by atoms with Crippen LogP contribution in [0.3, 0.4) is 0 Å². The molecule has 0 aromatic heterocycles. The fourth-order valence-corrected chi connectivity index (χ4v) is 4.52. The van der Waals surface area contributed by atoms with Gasteiger partial charge in [-0.2, -0.15) is 0 Å². The smallest absolute Gasteiger partial charge is 0.305 e. The lowest BCUT2D eigenvalue weighted by Crippen LogP contribution is -2.42. The number of carboxylic acid groups (broad SMARTS) is 1. The van der Waals surface area contributed by atoms with Crippen LogP contribution in [0.1, 0.15) is 61.9 Å². The molecule has 8 heteroatoms. The Hall–Kier alpha value is -2.61. The first-order valence-electron chi connectivity index (χ1n) is 12.1. The Morgan fingerprint density at radius 3 is 2.64 bits per heavy atom. The number of hydrogen-bond acceptors (Lipinski definition) is 5. The Kier molecular flexibility index (Phi) is 8.72. The minimum atomic E-state index is -1.03. The molecule has 2 aliphatic rings. The molecule has 0 saturated carbocycles. The van der Waals surface area contributed by atoms with Crippen LogP contribution in [0.25, 0.3) is 0 Å². The zero-order chi connectivity index (χ0) is 24.0. The number of amides is 2. The lowest BCUT2D eigenvalue weighted by Gasteiger charge is -2.25. The maximum absolute atomic E-state index is 13.1. The third kappa shape index (κ3) is 6.93. The van der Waals surface area contributed by atoms with Gasteiger partial charge >= 0.3 is 5.97 Å². The van der Waals surface area contributed by atoms with E-state index in [1.165, 1.54) is 0 Å². The van der Waals surface area contributed by atoms with Crippen molar-refractivity contribution in [1.82, 2.24) is 15.1 Å². The average Bonchev–Trinajstić information content (AvgIpc) is 2.91. The number of aliphatic carboxylic acids is 1. The van der Waals surface area contributed by atoms with Gasteiger partial charge in [-0.1, -0.05) is 19.9 Å². The summed E-state index contributed by atoms with van der Waals surface area (Å²) < 4.78 is 0. The van der Waals surface area contributed by atoms with Gasteiger partial charge in [-0.05, 0) is 68.3 Å². The Bertz CT molecular complexity index is 851. The van der Waals surface area contributed by atoms with Gasteiger partial charge in [0.15, 0.2) is 0 Å². The molecular formula is C25H38N4O4. The molecule has 1 fully saturated rings. The fraction of sp³-hybridized carbons (Fsp3) is 0.640. The summed E-state index contributed by atoms with van der Waals surface area (Å²) >= 11 is 0. The molecule has 0 spiro atoms. The van der Waals surface area contributed by atoms with Crippen molar-refractivity contribution in [2.45, 2.75) is 58.5 Å². The molecule has 3 rings (SSSR count). The molecule has 1 aromatic rings. The number of nitrogens with one attached hydrogen (secondary N) is 2. The molecule has 0 aliphatic carbocycles. The topological polar surface area (TPSA) is 102 Å². The average molecular weight is 459 g/mol. The van der Waals surface area contributed by atoms with Crippen LogP contribution in [0, 0.1) is 11.8 Å². The summed E-state index contributed by atoms with van der Waals surface area (Å²) in [6.07, 6.45) is 3.84. The van der Waals surface area contributed by atoms with Gasteiger partial charge < -0.3 is 25.5 Å². The molecule has 3 N–H and O–H groups in total. The molecule has 33 heavy (non-hydrogen) atoms. The largest absolute Gasteiger partial charge is 0.481 e. The van der Waals surface area contributed by atoms with Gasteiger partial charge in [0.25, 0.3) is 5.91 Å². The van der Waals surface area contributed by atoms with Gasteiger partial charge in [0, 0.05) is 37.9 Å². The number of rotatable bonds is 9. The first-order chi connectivity index (χ1) is 15.7. The molecule has 1 atom stereocenters. The SMILES string of the molecule is CC(C)CCN1Cc2ccc(C(=O)N(C)CCC3CCNCC3)cc2N[C@H](CC(=O)O)C1=O. The van der Waals surface area contributed by atoms with Crippen molar-refractivity contribution < 1.29 is 19.5 Å². The zero-order valence-corrected chi connectivity index (χ0v) is 20.1. The van der Waals surface area contributed by atoms with E-state index in [4.69, 9.17) is 0 Å². The fourth-order valence-electron chi connectivity index (χ4n) is 4.52. The van der Waals surface area contributed by atoms with Crippen molar-refractivity contribution in [1.29, 1.82) is 0 Å². The van der Waals surface area contributed by atoms with Crippen molar-refractivity contribution in [2.24, 2.45) is 11.8 Å². The monoisotopic (exact) mass is 458 g/mol. The van der Waals surface area contributed by atoms with Gasteiger partial charge in [0.1, 0.15) is 6.04 Å². The highest BCUT2D eigenvalue weighted by Crippen LogP contribution is 2.27. The van der Waals surface area contributed by atoms with Gasteiger partial charge in [0.05, 0.1) is 6.42 Å². The standard InChI is InChI=1S/C25H38N4O4/c1-17(2)8-13-29-16-20-5-4-19(14-21(20)27-22(25(29)33)15-23(30)31)24(32)28(3)12-9-18-6-10-26-11-7-18/h4-5,14,17-18,22,26-27H,6-13,15-16H2,1-3H3,(H,30,31)/t22-/m1/s1. The normalized spacial score (nSPS) is 19.1. The molecule has 2 amide bonds. The summed E-state index contributed by atoms with van der Waals surface area (Å²) in [6.45, 7) is 7.98. The number of carbonyl (C=O) groups excluding carboxylic acids is 2. The quantitative estimate of drug-likeness (QED) is 0.526. The van der Waals surface area contributed by atoms with Crippen LogP contribution in [-0.4, -0.2) is 72.0 Å². The van der Waals surface area contributed by atoms with Crippen molar-refractivity contribution in [3.63, 3.8) is 0 Å². The van der Waals surface area contributed by atoms with Gasteiger partial charge in [-0.25, -0.2) is 0 Å². The number of fused-ring (bicyclic) bond motifs is 1. The van der Waals surface area contributed by atoms with E-state index in [0.29, 0.717) is 42.7 Å². The van der Waals surface area contributed by atoms with E-state index in [0.717, 1.165) is 44.3 Å². The van der Waals surface area contributed by atoms with Gasteiger partial charge in [0.2, 0.25) is 5.91 Å². The maximum atomic E-state index is 13.1. The van der Waals surface area contributed by atoms with Crippen LogP contribution in [0.4, 0.5) is 5.69 Å². The zero-order valence-electron chi connectivity index (χ0n) is 20.1. The molecule has 1 aromatic carbocycles. The summed E-state index contributed by atoms with van der Waals surface area (Å²) in [4.78, 5) is 41.0. The summed E-state index contributed by atoms with van der Waals surface area (Å²) in [5.41, 5.74) is 2.11. The van der Waals surface area contributed by atoms with Crippen LogP contribution in [0.5, 0.6) is 0 Å². The number of piperidine rings is 1. The van der Waals surface area contributed by atoms with Crippen molar-refractivity contribution in [2.75, 3.05) is 38.5 Å².